The van der Waals surface area contributed by atoms with Crippen molar-refractivity contribution in [2.75, 3.05) is 25.5 Å². The Balaban J connectivity index is 1.54. The van der Waals surface area contributed by atoms with Crippen LogP contribution in [-0.2, 0) is 10.0 Å². The van der Waals surface area contributed by atoms with E-state index < -0.39 is 15.8 Å². The Morgan fingerprint density at radius 3 is 2.41 bits per heavy atom. The monoisotopic (exact) mass is 441 g/mol. The van der Waals surface area contributed by atoms with Crippen molar-refractivity contribution in [3.8, 4) is 5.75 Å². The summed E-state index contributed by atoms with van der Waals surface area (Å²) in [5, 5.41) is 2.59. The van der Waals surface area contributed by atoms with E-state index in [1.54, 1.807) is 17.0 Å². The molecule has 2 aromatic rings. The molecule has 0 radical (unpaired) electrons. The zero-order valence-electron chi connectivity index (χ0n) is 15.7. The van der Waals surface area contributed by atoms with Crippen LogP contribution in [0.3, 0.4) is 0 Å². The molecule has 0 saturated carbocycles. The number of hydrogen-bond acceptors (Lipinski definition) is 4. The minimum Gasteiger partial charge on any atom is -0.497 e. The summed E-state index contributed by atoms with van der Waals surface area (Å²) in [7, 11) is -2.14. The minimum absolute atomic E-state index is 0.0746. The number of nitrogens with zero attached hydrogens (tertiary/aromatic N) is 1. The van der Waals surface area contributed by atoms with Crippen LogP contribution in [0.4, 0.5) is 14.9 Å². The highest BCUT2D eigenvalue weighted by Gasteiger charge is 2.27. The molecular formula is C19H21ClFN3O4S. The number of rotatable bonds is 5. The maximum Gasteiger partial charge on any atom is 0.321 e. The first-order chi connectivity index (χ1) is 13.8. The number of hydrogen-bond donors (Lipinski definition) is 2. The number of carbonyl (C=O) groups excluding carboxylic acids is 1. The number of methoxy groups -OCH3 is 1. The third-order valence-electron chi connectivity index (χ3n) is 4.64. The number of carbonyl (C=O) groups is 1. The van der Waals surface area contributed by atoms with Crippen molar-refractivity contribution in [2.45, 2.75) is 23.8 Å². The first-order valence-electron chi connectivity index (χ1n) is 8.96. The molecule has 2 N–H and O–H groups in total. The number of anilines is 1. The lowest BCUT2D eigenvalue weighted by Gasteiger charge is -2.32. The zero-order valence-corrected chi connectivity index (χ0v) is 17.3. The fourth-order valence-electron chi connectivity index (χ4n) is 3.02. The van der Waals surface area contributed by atoms with Crippen molar-refractivity contribution in [1.82, 2.24) is 9.62 Å². The van der Waals surface area contributed by atoms with Crippen molar-refractivity contribution in [3.05, 3.63) is 53.3 Å². The Morgan fingerprint density at radius 1 is 1.17 bits per heavy atom. The summed E-state index contributed by atoms with van der Waals surface area (Å²) < 4.78 is 46.0. The largest absolute Gasteiger partial charge is 0.497 e. The van der Waals surface area contributed by atoms with Gasteiger partial charge in [0.15, 0.2) is 0 Å². The molecule has 0 aromatic heterocycles. The van der Waals surface area contributed by atoms with Crippen LogP contribution < -0.4 is 14.8 Å². The lowest BCUT2D eigenvalue weighted by Crippen LogP contribution is -2.47. The molecule has 10 heteroatoms. The van der Waals surface area contributed by atoms with Gasteiger partial charge in [0.05, 0.1) is 17.0 Å². The fraction of sp³-hybridized carbons (Fsp3) is 0.316. The molecule has 156 valence electrons. The lowest BCUT2D eigenvalue weighted by atomic mass is 10.1. The van der Waals surface area contributed by atoms with Crippen LogP contribution in [0.1, 0.15) is 12.8 Å². The molecule has 1 fully saturated rings. The van der Waals surface area contributed by atoms with Gasteiger partial charge in [0.2, 0.25) is 10.0 Å². The summed E-state index contributed by atoms with van der Waals surface area (Å²) in [6, 6.07) is 9.47. The van der Waals surface area contributed by atoms with Crippen molar-refractivity contribution < 1.29 is 22.3 Å². The molecule has 2 amide bonds. The Morgan fingerprint density at radius 2 is 1.83 bits per heavy atom. The molecular weight excluding hydrogens is 421 g/mol. The molecule has 1 aliphatic rings. The number of ether oxygens (including phenoxy) is 1. The molecule has 0 unspecified atom stereocenters. The van der Waals surface area contributed by atoms with E-state index in [-0.39, 0.29) is 22.0 Å². The van der Waals surface area contributed by atoms with Crippen LogP contribution in [0.2, 0.25) is 5.02 Å². The molecule has 2 aromatic carbocycles. The van der Waals surface area contributed by atoms with E-state index in [2.05, 4.69) is 10.0 Å². The molecule has 0 bridgehead atoms. The van der Waals surface area contributed by atoms with E-state index in [0.29, 0.717) is 37.4 Å². The van der Waals surface area contributed by atoms with E-state index in [9.17, 15) is 17.6 Å². The molecule has 1 aliphatic heterocycles. The number of urea groups is 1. The number of halogens is 2. The molecule has 7 nitrogen and oxygen atoms in total. The third-order valence-corrected chi connectivity index (χ3v) is 6.47. The molecule has 29 heavy (non-hydrogen) atoms. The van der Waals surface area contributed by atoms with Gasteiger partial charge in [-0.05, 0) is 55.3 Å². The van der Waals surface area contributed by atoms with E-state index in [1.165, 1.54) is 37.4 Å². The van der Waals surface area contributed by atoms with Crippen molar-refractivity contribution in [1.29, 1.82) is 0 Å². The highest BCUT2D eigenvalue weighted by Crippen LogP contribution is 2.21. The number of likely N-dealkylation sites (tertiary alicyclic amines) is 1. The van der Waals surface area contributed by atoms with Crippen molar-refractivity contribution in [2.24, 2.45) is 0 Å². The molecule has 0 atom stereocenters. The quantitative estimate of drug-likeness (QED) is 0.743. The second-order valence-electron chi connectivity index (χ2n) is 6.62. The Labute approximate surface area is 173 Å². The summed E-state index contributed by atoms with van der Waals surface area (Å²) >= 11 is 5.72. The zero-order chi connectivity index (χ0) is 21.0. The van der Waals surface area contributed by atoms with Gasteiger partial charge in [-0.15, -0.1) is 0 Å². The van der Waals surface area contributed by atoms with Gasteiger partial charge in [-0.25, -0.2) is 22.3 Å². The summed E-state index contributed by atoms with van der Waals surface area (Å²) in [5.41, 5.74) is 0.392. The van der Waals surface area contributed by atoms with Crippen molar-refractivity contribution in [3.63, 3.8) is 0 Å². The van der Waals surface area contributed by atoms with Gasteiger partial charge in [0.1, 0.15) is 11.6 Å². The summed E-state index contributed by atoms with van der Waals surface area (Å²) in [5.74, 6) is 0.0142. The molecule has 0 spiro atoms. The van der Waals surface area contributed by atoms with Gasteiger partial charge in [-0.2, -0.15) is 0 Å². The van der Waals surface area contributed by atoms with Crippen LogP contribution in [0.5, 0.6) is 5.75 Å². The van der Waals surface area contributed by atoms with Crippen LogP contribution in [0, 0.1) is 5.82 Å². The summed E-state index contributed by atoms with van der Waals surface area (Å²) in [4.78, 5) is 14.1. The van der Waals surface area contributed by atoms with Crippen LogP contribution >= 0.6 is 11.6 Å². The number of amides is 2. The average Bonchev–Trinajstić information content (AvgIpc) is 2.71. The molecule has 3 rings (SSSR count). The van der Waals surface area contributed by atoms with Gasteiger partial charge in [0.25, 0.3) is 0 Å². The average molecular weight is 442 g/mol. The Bertz CT molecular complexity index is 977. The lowest BCUT2D eigenvalue weighted by molar-refractivity contribution is 0.193. The molecule has 1 saturated heterocycles. The maximum atomic E-state index is 13.2. The summed E-state index contributed by atoms with van der Waals surface area (Å²) in [6.07, 6.45) is 0.958. The van der Waals surface area contributed by atoms with E-state index in [0.717, 1.165) is 0 Å². The van der Waals surface area contributed by atoms with Crippen LogP contribution in [0.15, 0.2) is 47.4 Å². The van der Waals surface area contributed by atoms with Crippen molar-refractivity contribution >= 4 is 33.3 Å². The smallest absolute Gasteiger partial charge is 0.321 e. The SMILES string of the molecule is COc1ccc(S(=O)(=O)NC2CCN(C(=O)Nc3ccc(F)c(Cl)c3)CC2)cc1. The number of piperidine rings is 1. The first kappa shape index (κ1) is 21.4. The van der Waals surface area contributed by atoms with Gasteiger partial charge in [0, 0.05) is 24.8 Å². The van der Waals surface area contributed by atoms with Gasteiger partial charge in [-0.3, -0.25) is 0 Å². The predicted octanol–water partition coefficient (Wildman–Crippen LogP) is 3.46. The number of benzene rings is 2. The van der Waals surface area contributed by atoms with Crippen LogP contribution in [-0.4, -0.2) is 45.6 Å². The van der Waals surface area contributed by atoms with E-state index in [4.69, 9.17) is 16.3 Å². The standard InChI is InChI=1S/C19H21ClFN3O4S/c1-28-15-3-5-16(6-4-15)29(26,27)23-13-8-10-24(11-9-13)19(25)22-14-2-7-18(21)17(20)12-14/h2-7,12-13,23H,8-11H2,1H3,(H,22,25). The predicted molar refractivity (Wildman–Crippen MR) is 108 cm³/mol. The van der Waals surface area contributed by atoms with Gasteiger partial charge >= 0.3 is 6.03 Å². The highest BCUT2D eigenvalue weighted by molar-refractivity contribution is 7.89. The van der Waals surface area contributed by atoms with Gasteiger partial charge in [-0.1, -0.05) is 11.6 Å². The topological polar surface area (TPSA) is 87.7 Å². The van der Waals surface area contributed by atoms with E-state index >= 15 is 0 Å². The molecule has 1 heterocycles. The van der Waals surface area contributed by atoms with Gasteiger partial charge < -0.3 is 15.0 Å². The minimum atomic E-state index is -3.65. The fourth-order valence-corrected chi connectivity index (χ4v) is 4.50. The molecule has 0 aliphatic carbocycles. The number of sulfonamides is 1. The van der Waals surface area contributed by atoms with E-state index in [1.807, 2.05) is 0 Å². The first-order valence-corrected chi connectivity index (χ1v) is 10.8. The van der Waals surface area contributed by atoms with Crippen LogP contribution in [0.25, 0.3) is 0 Å². The highest BCUT2D eigenvalue weighted by atomic mass is 35.5. The Kier molecular flexibility index (Phi) is 6.61. The number of nitrogens with one attached hydrogen (secondary N) is 2. The normalized spacial score (nSPS) is 15.2. The second kappa shape index (κ2) is 8.98. The Hall–Kier alpha value is -2.36. The third kappa shape index (κ3) is 5.37. The maximum absolute atomic E-state index is 13.2. The second-order valence-corrected chi connectivity index (χ2v) is 8.74. The summed E-state index contributed by atoms with van der Waals surface area (Å²) in [6.45, 7) is 0.771.